The van der Waals surface area contributed by atoms with Gasteiger partial charge in [0.25, 0.3) is 0 Å². The SMILES string of the molecule is c1ccc(-c2nc(-c3ccccc3)nc(-c3ccc4c(c3)oc3cc(-c5ncnc6c5Cc5ccccc5-6)ccc34)n2)cc1. The van der Waals surface area contributed by atoms with Crippen LogP contribution in [0, 0.1) is 0 Å². The molecule has 0 atom stereocenters. The van der Waals surface area contributed by atoms with Crippen LogP contribution in [0.4, 0.5) is 0 Å². The van der Waals surface area contributed by atoms with E-state index < -0.39 is 0 Å². The zero-order valence-corrected chi connectivity index (χ0v) is 23.5. The first-order valence-corrected chi connectivity index (χ1v) is 14.5. The highest BCUT2D eigenvalue weighted by Gasteiger charge is 2.24. The molecule has 44 heavy (non-hydrogen) atoms. The molecule has 3 heterocycles. The Morgan fingerprint density at radius 3 is 1.70 bits per heavy atom. The van der Waals surface area contributed by atoms with E-state index >= 15 is 0 Å². The molecule has 0 fully saturated rings. The molecule has 0 amide bonds. The molecule has 0 saturated carbocycles. The first-order chi connectivity index (χ1) is 21.8. The van der Waals surface area contributed by atoms with Crippen molar-refractivity contribution in [3.05, 3.63) is 139 Å². The van der Waals surface area contributed by atoms with Crippen LogP contribution in [0.3, 0.4) is 0 Å². The average molecular weight is 566 g/mol. The molecule has 0 unspecified atom stereocenters. The van der Waals surface area contributed by atoms with E-state index in [9.17, 15) is 0 Å². The van der Waals surface area contributed by atoms with E-state index in [4.69, 9.17) is 24.4 Å². The van der Waals surface area contributed by atoms with Crippen LogP contribution in [0.25, 0.3) is 78.6 Å². The van der Waals surface area contributed by atoms with E-state index in [0.717, 1.165) is 67.6 Å². The van der Waals surface area contributed by atoms with Gasteiger partial charge in [0.1, 0.15) is 17.5 Å². The van der Waals surface area contributed by atoms with Crippen molar-refractivity contribution >= 4 is 21.9 Å². The van der Waals surface area contributed by atoms with Crippen LogP contribution in [0.5, 0.6) is 0 Å². The topological polar surface area (TPSA) is 77.6 Å². The Balaban J connectivity index is 1.15. The zero-order chi connectivity index (χ0) is 29.0. The molecule has 6 heteroatoms. The molecule has 0 saturated heterocycles. The summed E-state index contributed by atoms with van der Waals surface area (Å²) in [7, 11) is 0. The number of rotatable bonds is 4. The van der Waals surface area contributed by atoms with Crippen molar-refractivity contribution in [3.63, 3.8) is 0 Å². The molecule has 0 bridgehead atoms. The maximum absolute atomic E-state index is 6.47. The Morgan fingerprint density at radius 2 is 1.02 bits per heavy atom. The number of fused-ring (bicyclic) bond motifs is 6. The summed E-state index contributed by atoms with van der Waals surface area (Å²) >= 11 is 0. The van der Waals surface area contributed by atoms with Gasteiger partial charge in [-0.25, -0.2) is 24.9 Å². The number of hydrogen-bond acceptors (Lipinski definition) is 6. The van der Waals surface area contributed by atoms with Crippen molar-refractivity contribution in [1.29, 1.82) is 0 Å². The molecule has 0 N–H and O–H groups in total. The minimum atomic E-state index is 0.594. The summed E-state index contributed by atoms with van der Waals surface area (Å²) in [4.78, 5) is 23.9. The maximum atomic E-state index is 6.47. The quantitative estimate of drug-likeness (QED) is 0.212. The number of aromatic nitrogens is 5. The van der Waals surface area contributed by atoms with Gasteiger partial charge in [-0.3, -0.25) is 0 Å². The highest BCUT2D eigenvalue weighted by molar-refractivity contribution is 6.07. The van der Waals surface area contributed by atoms with Crippen LogP contribution in [-0.2, 0) is 6.42 Å². The van der Waals surface area contributed by atoms with E-state index in [1.54, 1.807) is 6.33 Å². The molecule has 6 nitrogen and oxygen atoms in total. The van der Waals surface area contributed by atoms with E-state index in [0.29, 0.717) is 17.5 Å². The van der Waals surface area contributed by atoms with E-state index in [1.165, 1.54) is 11.1 Å². The fourth-order valence-electron chi connectivity index (χ4n) is 6.16. The van der Waals surface area contributed by atoms with Crippen molar-refractivity contribution in [2.24, 2.45) is 0 Å². The van der Waals surface area contributed by atoms with E-state index in [-0.39, 0.29) is 0 Å². The third kappa shape index (κ3) is 4.00. The number of furan rings is 1. The minimum Gasteiger partial charge on any atom is -0.456 e. The first kappa shape index (κ1) is 24.6. The summed E-state index contributed by atoms with van der Waals surface area (Å²) in [6.45, 7) is 0. The van der Waals surface area contributed by atoms with Crippen molar-refractivity contribution in [2.75, 3.05) is 0 Å². The van der Waals surface area contributed by atoms with Crippen molar-refractivity contribution < 1.29 is 4.42 Å². The lowest BCUT2D eigenvalue weighted by molar-refractivity contribution is 0.669. The van der Waals surface area contributed by atoms with Gasteiger partial charge in [0, 0.05) is 50.6 Å². The summed E-state index contributed by atoms with van der Waals surface area (Å²) in [5.74, 6) is 1.85. The highest BCUT2D eigenvalue weighted by atomic mass is 16.3. The number of hydrogen-bond donors (Lipinski definition) is 0. The van der Waals surface area contributed by atoms with Crippen molar-refractivity contribution in [1.82, 2.24) is 24.9 Å². The lowest BCUT2D eigenvalue weighted by Crippen LogP contribution is -2.00. The highest BCUT2D eigenvalue weighted by Crippen LogP contribution is 2.40. The number of benzene rings is 5. The summed E-state index contributed by atoms with van der Waals surface area (Å²) in [5.41, 5.74) is 10.9. The van der Waals surface area contributed by atoms with Gasteiger partial charge < -0.3 is 4.42 Å². The third-order valence-corrected chi connectivity index (χ3v) is 8.29. The molecule has 1 aliphatic carbocycles. The van der Waals surface area contributed by atoms with Crippen LogP contribution in [0.2, 0.25) is 0 Å². The summed E-state index contributed by atoms with van der Waals surface area (Å²) in [5, 5.41) is 2.09. The van der Waals surface area contributed by atoms with Crippen LogP contribution < -0.4 is 0 Å². The molecule has 0 radical (unpaired) electrons. The largest absolute Gasteiger partial charge is 0.456 e. The van der Waals surface area contributed by atoms with Crippen molar-refractivity contribution in [2.45, 2.75) is 6.42 Å². The Hall–Kier alpha value is -6.01. The Kier molecular flexibility index (Phi) is 5.46. The maximum Gasteiger partial charge on any atom is 0.164 e. The Bertz CT molecular complexity index is 2310. The molecule has 9 rings (SSSR count). The molecule has 1 aliphatic rings. The molecule has 5 aromatic carbocycles. The second-order valence-corrected chi connectivity index (χ2v) is 10.9. The summed E-state index contributed by atoms with van der Waals surface area (Å²) in [6.07, 6.45) is 2.48. The molecule has 8 aromatic rings. The van der Waals surface area contributed by atoms with Crippen LogP contribution in [-0.4, -0.2) is 24.9 Å². The van der Waals surface area contributed by atoms with Gasteiger partial charge in [0.05, 0.1) is 11.4 Å². The molecular weight excluding hydrogens is 542 g/mol. The van der Waals surface area contributed by atoms with Gasteiger partial charge in [-0.05, 0) is 29.8 Å². The van der Waals surface area contributed by atoms with Crippen LogP contribution in [0.1, 0.15) is 11.1 Å². The second kappa shape index (κ2) is 9.78. The molecule has 0 aliphatic heterocycles. The van der Waals surface area contributed by atoms with Gasteiger partial charge >= 0.3 is 0 Å². The molecule has 206 valence electrons. The van der Waals surface area contributed by atoms with Gasteiger partial charge in [-0.15, -0.1) is 0 Å². The fraction of sp³-hybridized carbons (Fsp3) is 0.0263. The third-order valence-electron chi connectivity index (χ3n) is 8.29. The zero-order valence-electron chi connectivity index (χ0n) is 23.5. The van der Waals surface area contributed by atoms with Gasteiger partial charge in [-0.1, -0.05) is 97.1 Å². The Morgan fingerprint density at radius 1 is 0.477 bits per heavy atom. The molecule has 0 spiro atoms. The Labute approximate surface area is 252 Å². The minimum absolute atomic E-state index is 0.594. The van der Waals surface area contributed by atoms with Crippen LogP contribution in [0.15, 0.2) is 132 Å². The van der Waals surface area contributed by atoms with Gasteiger partial charge in [0.2, 0.25) is 0 Å². The fourth-order valence-corrected chi connectivity index (χ4v) is 6.16. The van der Waals surface area contributed by atoms with Crippen LogP contribution >= 0.6 is 0 Å². The predicted molar refractivity (Wildman–Crippen MR) is 173 cm³/mol. The average Bonchev–Trinajstić information content (AvgIpc) is 3.66. The van der Waals surface area contributed by atoms with Gasteiger partial charge in [-0.2, -0.15) is 0 Å². The molecular formula is C38H23N5O. The van der Waals surface area contributed by atoms with E-state index in [1.807, 2.05) is 66.7 Å². The van der Waals surface area contributed by atoms with Crippen molar-refractivity contribution in [3.8, 4) is 56.7 Å². The predicted octanol–water partition coefficient (Wildman–Crippen LogP) is 8.80. The lowest BCUT2D eigenvalue weighted by Gasteiger charge is -2.08. The monoisotopic (exact) mass is 565 g/mol. The first-order valence-electron chi connectivity index (χ1n) is 14.5. The standard InChI is InChI=1S/C38H23N5O/c1-3-9-23(10-4-1)36-41-37(24-11-5-2-6-12-24)43-38(42-36)27-16-18-30-29-17-15-26(20-32(29)44-33(30)21-27)34-31-19-25-13-7-8-14-28(25)35(31)40-22-39-34/h1-18,20-22H,19H2. The van der Waals surface area contributed by atoms with Gasteiger partial charge in [0.15, 0.2) is 17.5 Å². The number of nitrogens with zero attached hydrogens (tertiary/aromatic N) is 5. The summed E-state index contributed by atoms with van der Waals surface area (Å²) < 4.78 is 6.47. The smallest absolute Gasteiger partial charge is 0.164 e. The summed E-state index contributed by atoms with van der Waals surface area (Å²) in [6, 6.07) is 40.9. The second-order valence-electron chi connectivity index (χ2n) is 10.9. The van der Waals surface area contributed by atoms with E-state index in [2.05, 4.69) is 59.6 Å². The lowest BCUT2D eigenvalue weighted by atomic mass is 10.0. The normalized spacial score (nSPS) is 12.0. The molecule has 3 aromatic heterocycles.